The average molecular weight is 348 g/mol. The Morgan fingerprint density at radius 1 is 1.17 bits per heavy atom. The molecular formula is C18H18ClNO4. The fraction of sp³-hybridized carbons (Fsp3) is 0.222. The van der Waals surface area contributed by atoms with E-state index in [4.69, 9.17) is 21.1 Å². The van der Waals surface area contributed by atoms with E-state index in [2.05, 4.69) is 5.32 Å². The van der Waals surface area contributed by atoms with Crippen LogP contribution in [0.3, 0.4) is 0 Å². The lowest BCUT2D eigenvalue weighted by Crippen LogP contribution is -2.21. The number of halogens is 1. The molecule has 0 unspecified atom stereocenters. The molecule has 126 valence electrons. The molecule has 2 aromatic rings. The number of amides is 1. The van der Waals surface area contributed by atoms with E-state index in [-0.39, 0.29) is 0 Å². The number of carbonyl (C=O) groups is 2. The summed E-state index contributed by atoms with van der Waals surface area (Å²) in [6.45, 7) is 3.34. The molecule has 0 fully saturated rings. The van der Waals surface area contributed by atoms with Gasteiger partial charge in [0, 0.05) is 5.02 Å². The molecule has 0 aromatic heterocycles. The van der Waals surface area contributed by atoms with E-state index in [1.54, 1.807) is 30.3 Å². The topological polar surface area (TPSA) is 64.6 Å². The third-order valence-corrected chi connectivity index (χ3v) is 3.83. The first-order chi connectivity index (χ1) is 11.4. The van der Waals surface area contributed by atoms with E-state index in [0.717, 1.165) is 11.1 Å². The van der Waals surface area contributed by atoms with E-state index in [0.29, 0.717) is 22.0 Å². The Balaban J connectivity index is 2.00. The Bertz CT molecular complexity index is 774. The van der Waals surface area contributed by atoms with Crippen molar-refractivity contribution in [2.75, 3.05) is 19.0 Å². The van der Waals surface area contributed by atoms with E-state index in [1.807, 2.05) is 19.9 Å². The normalized spacial score (nSPS) is 10.2. The summed E-state index contributed by atoms with van der Waals surface area (Å²) < 4.78 is 10.2. The fourth-order valence-electron chi connectivity index (χ4n) is 2.15. The smallest absolute Gasteiger partial charge is 0.338 e. The highest BCUT2D eigenvalue weighted by Gasteiger charge is 2.14. The SMILES string of the molecule is COc1ccc(Cl)cc1NC(=O)COC(=O)c1cccc(C)c1C. The predicted octanol–water partition coefficient (Wildman–Crippen LogP) is 3.76. The lowest BCUT2D eigenvalue weighted by molar-refractivity contribution is -0.119. The number of rotatable bonds is 5. The first kappa shape index (κ1) is 17.8. The monoisotopic (exact) mass is 347 g/mol. The lowest BCUT2D eigenvalue weighted by atomic mass is 10.0. The van der Waals surface area contributed by atoms with Crippen LogP contribution in [0.1, 0.15) is 21.5 Å². The van der Waals surface area contributed by atoms with Crippen molar-refractivity contribution in [3.63, 3.8) is 0 Å². The van der Waals surface area contributed by atoms with E-state index >= 15 is 0 Å². The number of ether oxygens (including phenoxy) is 2. The number of esters is 1. The maximum atomic E-state index is 12.1. The van der Waals surface area contributed by atoms with Gasteiger partial charge in [-0.05, 0) is 49.2 Å². The molecule has 0 aliphatic rings. The van der Waals surface area contributed by atoms with Gasteiger partial charge in [0.1, 0.15) is 5.75 Å². The number of hydrogen-bond donors (Lipinski definition) is 1. The second-order valence-electron chi connectivity index (χ2n) is 5.22. The third kappa shape index (κ3) is 4.26. The van der Waals surface area contributed by atoms with Crippen LogP contribution in [-0.4, -0.2) is 25.6 Å². The molecule has 2 aromatic carbocycles. The standard InChI is InChI=1S/C18H18ClNO4/c1-11-5-4-6-14(12(11)2)18(22)24-10-17(21)20-15-9-13(19)7-8-16(15)23-3/h4-9H,10H2,1-3H3,(H,20,21). The van der Waals surface area contributed by atoms with Gasteiger partial charge in [0.15, 0.2) is 6.61 Å². The number of anilines is 1. The quantitative estimate of drug-likeness (QED) is 0.836. The van der Waals surface area contributed by atoms with Crippen molar-refractivity contribution < 1.29 is 19.1 Å². The van der Waals surface area contributed by atoms with Gasteiger partial charge in [-0.25, -0.2) is 4.79 Å². The Morgan fingerprint density at radius 2 is 1.92 bits per heavy atom. The Labute approximate surface area is 145 Å². The molecule has 0 bridgehead atoms. The lowest BCUT2D eigenvalue weighted by Gasteiger charge is -2.11. The molecule has 0 heterocycles. The largest absolute Gasteiger partial charge is 0.495 e. The van der Waals surface area contributed by atoms with Crippen molar-refractivity contribution in [1.82, 2.24) is 0 Å². The van der Waals surface area contributed by atoms with Crippen LogP contribution < -0.4 is 10.1 Å². The van der Waals surface area contributed by atoms with Gasteiger partial charge in [-0.3, -0.25) is 4.79 Å². The van der Waals surface area contributed by atoms with Crippen LogP contribution in [0.5, 0.6) is 5.75 Å². The summed E-state index contributed by atoms with van der Waals surface area (Å²) in [7, 11) is 1.49. The summed E-state index contributed by atoms with van der Waals surface area (Å²) in [5.41, 5.74) is 2.68. The number of methoxy groups -OCH3 is 1. The molecule has 6 heteroatoms. The molecule has 0 aliphatic carbocycles. The highest BCUT2D eigenvalue weighted by Crippen LogP contribution is 2.27. The minimum Gasteiger partial charge on any atom is -0.495 e. The minimum atomic E-state index is -0.538. The van der Waals surface area contributed by atoms with Crippen LogP contribution in [0.4, 0.5) is 5.69 Å². The first-order valence-electron chi connectivity index (χ1n) is 7.29. The maximum absolute atomic E-state index is 12.1. The summed E-state index contributed by atoms with van der Waals surface area (Å²) >= 11 is 5.90. The van der Waals surface area contributed by atoms with Gasteiger partial charge in [0.2, 0.25) is 0 Å². The molecule has 0 radical (unpaired) electrons. The van der Waals surface area contributed by atoms with Crippen molar-refractivity contribution in [1.29, 1.82) is 0 Å². The number of hydrogen-bond acceptors (Lipinski definition) is 4. The van der Waals surface area contributed by atoms with Crippen LogP contribution in [0.25, 0.3) is 0 Å². The van der Waals surface area contributed by atoms with E-state index in [1.165, 1.54) is 7.11 Å². The van der Waals surface area contributed by atoms with E-state index < -0.39 is 18.5 Å². The molecular weight excluding hydrogens is 330 g/mol. The van der Waals surface area contributed by atoms with Crippen LogP contribution >= 0.6 is 11.6 Å². The molecule has 2 rings (SSSR count). The third-order valence-electron chi connectivity index (χ3n) is 3.59. The van der Waals surface area contributed by atoms with Gasteiger partial charge in [-0.2, -0.15) is 0 Å². The van der Waals surface area contributed by atoms with Crippen LogP contribution in [0, 0.1) is 13.8 Å². The van der Waals surface area contributed by atoms with Crippen molar-refractivity contribution in [3.8, 4) is 5.75 Å². The number of benzene rings is 2. The van der Waals surface area contributed by atoms with Gasteiger partial charge >= 0.3 is 5.97 Å². The summed E-state index contributed by atoms with van der Waals surface area (Å²) in [6.07, 6.45) is 0. The minimum absolute atomic E-state index is 0.401. The van der Waals surface area contributed by atoms with Gasteiger partial charge < -0.3 is 14.8 Å². The number of aryl methyl sites for hydroxylation is 1. The zero-order chi connectivity index (χ0) is 17.7. The predicted molar refractivity (Wildman–Crippen MR) is 92.8 cm³/mol. The average Bonchev–Trinajstić information content (AvgIpc) is 2.55. The Hall–Kier alpha value is -2.53. The van der Waals surface area contributed by atoms with Gasteiger partial charge in [-0.1, -0.05) is 23.7 Å². The molecule has 5 nitrogen and oxygen atoms in total. The molecule has 0 atom stereocenters. The van der Waals surface area contributed by atoms with Crippen LogP contribution in [0.2, 0.25) is 5.02 Å². The van der Waals surface area contributed by atoms with Crippen molar-refractivity contribution >= 4 is 29.2 Å². The van der Waals surface area contributed by atoms with E-state index in [9.17, 15) is 9.59 Å². The molecule has 0 saturated carbocycles. The zero-order valence-electron chi connectivity index (χ0n) is 13.7. The summed E-state index contributed by atoms with van der Waals surface area (Å²) in [6, 6.07) is 10.2. The van der Waals surface area contributed by atoms with Crippen LogP contribution in [0.15, 0.2) is 36.4 Å². The Kier molecular flexibility index (Phi) is 5.82. The second-order valence-corrected chi connectivity index (χ2v) is 5.65. The summed E-state index contributed by atoms with van der Waals surface area (Å²) in [4.78, 5) is 24.1. The van der Waals surface area contributed by atoms with Gasteiger partial charge in [0.25, 0.3) is 5.91 Å². The summed E-state index contributed by atoms with van der Waals surface area (Å²) in [5, 5.41) is 3.07. The highest BCUT2D eigenvalue weighted by molar-refractivity contribution is 6.31. The maximum Gasteiger partial charge on any atom is 0.338 e. The van der Waals surface area contributed by atoms with Crippen LogP contribution in [-0.2, 0) is 9.53 Å². The molecule has 0 aliphatic heterocycles. The molecule has 1 amide bonds. The van der Waals surface area contributed by atoms with Crippen molar-refractivity contribution in [3.05, 3.63) is 58.1 Å². The van der Waals surface area contributed by atoms with Gasteiger partial charge in [-0.15, -0.1) is 0 Å². The summed E-state index contributed by atoms with van der Waals surface area (Å²) in [5.74, 6) is -0.549. The first-order valence-corrected chi connectivity index (χ1v) is 7.67. The number of nitrogens with one attached hydrogen (secondary N) is 1. The molecule has 0 saturated heterocycles. The Morgan fingerprint density at radius 3 is 2.62 bits per heavy atom. The van der Waals surface area contributed by atoms with Crippen molar-refractivity contribution in [2.24, 2.45) is 0 Å². The highest BCUT2D eigenvalue weighted by atomic mass is 35.5. The molecule has 1 N–H and O–H groups in total. The second kappa shape index (κ2) is 7.84. The van der Waals surface area contributed by atoms with Gasteiger partial charge in [0.05, 0.1) is 18.4 Å². The fourth-order valence-corrected chi connectivity index (χ4v) is 2.32. The molecule has 24 heavy (non-hydrogen) atoms. The zero-order valence-corrected chi connectivity index (χ0v) is 14.4. The number of carbonyl (C=O) groups excluding carboxylic acids is 2. The van der Waals surface area contributed by atoms with Crippen molar-refractivity contribution in [2.45, 2.75) is 13.8 Å². The molecule has 0 spiro atoms.